The van der Waals surface area contributed by atoms with E-state index >= 15 is 0 Å². The molecule has 3 nitrogen and oxygen atoms in total. The number of rotatable bonds is 7. The summed E-state index contributed by atoms with van der Waals surface area (Å²) in [6.07, 6.45) is 2.44. The van der Waals surface area contributed by atoms with Gasteiger partial charge in [-0.2, -0.15) is 0 Å². The third-order valence-corrected chi connectivity index (χ3v) is 3.13. The van der Waals surface area contributed by atoms with Crippen LogP contribution in [0.4, 0.5) is 0 Å². The van der Waals surface area contributed by atoms with Gasteiger partial charge in [0.25, 0.3) is 0 Å². The second kappa shape index (κ2) is 8.98. The highest BCUT2D eigenvalue weighted by Crippen LogP contribution is 2.21. The minimum absolute atomic E-state index is 0. The first-order chi connectivity index (χ1) is 8.88. The zero-order valence-electron chi connectivity index (χ0n) is 12.6. The molecule has 0 amide bonds. The molecule has 4 heteroatoms. The molecule has 2 N–H and O–H groups in total. The molecule has 0 fully saturated rings. The molecule has 1 aromatic rings. The maximum Gasteiger partial charge on any atom is 0.320 e. The minimum atomic E-state index is -0.752. The van der Waals surface area contributed by atoms with Gasteiger partial charge in [-0.1, -0.05) is 51.1 Å². The van der Waals surface area contributed by atoms with Gasteiger partial charge in [0.2, 0.25) is 0 Å². The van der Waals surface area contributed by atoms with Crippen LogP contribution in [0.3, 0.4) is 0 Å². The predicted molar refractivity (Wildman–Crippen MR) is 85.5 cm³/mol. The van der Waals surface area contributed by atoms with E-state index in [-0.39, 0.29) is 17.8 Å². The molecular weight excluding hydrogens is 274 g/mol. The van der Waals surface area contributed by atoms with Gasteiger partial charge < -0.3 is 10.4 Å². The molecule has 114 valence electrons. The van der Waals surface area contributed by atoms with Gasteiger partial charge in [-0.3, -0.25) is 4.79 Å². The number of halogens is 1. The largest absolute Gasteiger partial charge is 0.480 e. The van der Waals surface area contributed by atoms with Crippen molar-refractivity contribution in [3.8, 4) is 0 Å². The molecule has 0 bridgehead atoms. The quantitative estimate of drug-likeness (QED) is 0.810. The highest BCUT2D eigenvalue weighted by atomic mass is 35.5. The molecule has 0 spiro atoms. The first kappa shape index (κ1) is 18.9. The van der Waals surface area contributed by atoms with Gasteiger partial charge in [0.15, 0.2) is 0 Å². The summed E-state index contributed by atoms with van der Waals surface area (Å²) < 4.78 is 0. The summed E-state index contributed by atoms with van der Waals surface area (Å²) in [6, 6.07) is 9.68. The molecular formula is C16H26ClNO2. The fourth-order valence-corrected chi connectivity index (χ4v) is 1.93. The summed E-state index contributed by atoms with van der Waals surface area (Å²) in [5, 5.41) is 12.3. The lowest BCUT2D eigenvalue weighted by Gasteiger charge is -2.21. The van der Waals surface area contributed by atoms with Crippen molar-refractivity contribution in [1.82, 2.24) is 5.32 Å². The number of benzene rings is 1. The number of hydrogen-bond donors (Lipinski definition) is 2. The first-order valence-electron chi connectivity index (χ1n) is 6.88. The van der Waals surface area contributed by atoms with E-state index in [1.165, 1.54) is 5.56 Å². The number of carbonyl (C=O) groups is 1. The highest BCUT2D eigenvalue weighted by molar-refractivity contribution is 5.85. The molecule has 1 rings (SSSR count). The summed E-state index contributed by atoms with van der Waals surface area (Å²) in [6.45, 7) is 7.10. The number of nitrogens with one attached hydrogen (secondary N) is 1. The van der Waals surface area contributed by atoms with Gasteiger partial charge in [-0.15, -0.1) is 12.4 Å². The summed E-state index contributed by atoms with van der Waals surface area (Å²) in [5.74, 6) is -0.752. The number of carboxylic acid groups (broad SMARTS) is 1. The average molecular weight is 300 g/mol. The van der Waals surface area contributed by atoms with E-state index in [0.717, 1.165) is 12.8 Å². The standard InChI is InChI=1S/C16H25NO2.ClH/c1-16(2,3)11-9-14(15(18)19)17-12-10-13-7-5-4-6-8-13;/h4-8,14,17H,9-12H2,1-3H3,(H,18,19);1H. The zero-order valence-corrected chi connectivity index (χ0v) is 13.4. The lowest BCUT2D eigenvalue weighted by Crippen LogP contribution is -2.38. The van der Waals surface area contributed by atoms with Crippen LogP contribution < -0.4 is 5.32 Å². The highest BCUT2D eigenvalue weighted by Gasteiger charge is 2.20. The van der Waals surface area contributed by atoms with Crippen LogP contribution in [0.2, 0.25) is 0 Å². The van der Waals surface area contributed by atoms with Gasteiger partial charge in [0.05, 0.1) is 0 Å². The topological polar surface area (TPSA) is 49.3 Å². The van der Waals surface area contributed by atoms with Gasteiger partial charge in [-0.05, 0) is 36.8 Å². The molecule has 0 radical (unpaired) electrons. The van der Waals surface area contributed by atoms with Crippen LogP contribution in [0.25, 0.3) is 0 Å². The third-order valence-electron chi connectivity index (χ3n) is 3.13. The maximum absolute atomic E-state index is 11.2. The Balaban J connectivity index is 0.00000361. The van der Waals surface area contributed by atoms with E-state index in [2.05, 4.69) is 38.2 Å². The van der Waals surface area contributed by atoms with Crippen molar-refractivity contribution in [2.24, 2.45) is 5.41 Å². The third kappa shape index (κ3) is 8.18. The van der Waals surface area contributed by atoms with E-state index in [1.54, 1.807) is 0 Å². The molecule has 1 aromatic carbocycles. The molecule has 20 heavy (non-hydrogen) atoms. The van der Waals surface area contributed by atoms with Crippen molar-refractivity contribution in [1.29, 1.82) is 0 Å². The second-order valence-corrected chi connectivity index (χ2v) is 6.18. The summed E-state index contributed by atoms with van der Waals surface area (Å²) in [7, 11) is 0. The molecule has 1 atom stereocenters. The van der Waals surface area contributed by atoms with E-state index in [4.69, 9.17) is 0 Å². The Bertz CT molecular complexity index is 387. The average Bonchev–Trinajstić information content (AvgIpc) is 2.33. The fourth-order valence-electron chi connectivity index (χ4n) is 1.93. The zero-order chi connectivity index (χ0) is 14.3. The number of carboxylic acids is 1. The molecule has 0 aliphatic rings. The van der Waals surface area contributed by atoms with Crippen LogP contribution in [0.15, 0.2) is 30.3 Å². The Morgan fingerprint density at radius 1 is 1.25 bits per heavy atom. The Labute approximate surface area is 128 Å². The molecule has 0 heterocycles. The molecule has 0 saturated carbocycles. The molecule has 0 aromatic heterocycles. The SMILES string of the molecule is CC(C)(C)CCC(NCCc1ccccc1)C(=O)O.Cl. The van der Waals surface area contributed by atoms with E-state index in [0.29, 0.717) is 13.0 Å². The molecule has 0 saturated heterocycles. The fraction of sp³-hybridized carbons (Fsp3) is 0.562. The van der Waals surface area contributed by atoms with Crippen molar-refractivity contribution in [3.05, 3.63) is 35.9 Å². The molecule has 1 unspecified atom stereocenters. The van der Waals surface area contributed by atoms with Crippen LogP contribution in [-0.4, -0.2) is 23.7 Å². The predicted octanol–water partition coefficient (Wildman–Crippen LogP) is 3.52. The molecule has 0 aliphatic heterocycles. The molecule has 0 aliphatic carbocycles. The number of hydrogen-bond acceptors (Lipinski definition) is 2. The normalized spacial score (nSPS) is 12.6. The van der Waals surface area contributed by atoms with Crippen molar-refractivity contribution < 1.29 is 9.90 Å². The van der Waals surface area contributed by atoms with Gasteiger partial charge in [-0.25, -0.2) is 0 Å². The van der Waals surface area contributed by atoms with Crippen LogP contribution in [0, 0.1) is 5.41 Å². The van der Waals surface area contributed by atoms with Crippen LogP contribution >= 0.6 is 12.4 Å². The lowest BCUT2D eigenvalue weighted by molar-refractivity contribution is -0.139. The summed E-state index contributed by atoms with van der Waals surface area (Å²) >= 11 is 0. The Hall–Kier alpha value is -1.06. The van der Waals surface area contributed by atoms with Gasteiger partial charge >= 0.3 is 5.97 Å². The second-order valence-electron chi connectivity index (χ2n) is 6.18. The summed E-state index contributed by atoms with van der Waals surface area (Å²) in [5.41, 5.74) is 1.41. The Morgan fingerprint density at radius 3 is 2.35 bits per heavy atom. The van der Waals surface area contributed by atoms with Crippen molar-refractivity contribution >= 4 is 18.4 Å². The van der Waals surface area contributed by atoms with E-state index < -0.39 is 12.0 Å². The van der Waals surface area contributed by atoms with Gasteiger partial charge in [0.1, 0.15) is 6.04 Å². The monoisotopic (exact) mass is 299 g/mol. The lowest BCUT2D eigenvalue weighted by atomic mass is 9.88. The first-order valence-corrected chi connectivity index (χ1v) is 6.88. The Morgan fingerprint density at radius 2 is 1.85 bits per heavy atom. The Kier molecular flexibility index (Phi) is 8.51. The number of aliphatic carboxylic acids is 1. The van der Waals surface area contributed by atoms with Crippen LogP contribution in [-0.2, 0) is 11.2 Å². The van der Waals surface area contributed by atoms with Crippen molar-refractivity contribution in [2.45, 2.75) is 46.1 Å². The van der Waals surface area contributed by atoms with Gasteiger partial charge in [0, 0.05) is 0 Å². The summed E-state index contributed by atoms with van der Waals surface area (Å²) in [4.78, 5) is 11.2. The van der Waals surface area contributed by atoms with E-state index in [1.807, 2.05) is 18.2 Å². The maximum atomic E-state index is 11.2. The smallest absolute Gasteiger partial charge is 0.320 e. The van der Waals surface area contributed by atoms with Crippen LogP contribution in [0.1, 0.15) is 39.2 Å². The van der Waals surface area contributed by atoms with E-state index in [9.17, 15) is 9.90 Å². The van der Waals surface area contributed by atoms with Crippen molar-refractivity contribution in [3.63, 3.8) is 0 Å². The van der Waals surface area contributed by atoms with Crippen molar-refractivity contribution in [2.75, 3.05) is 6.54 Å². The minimum Gasteiger partial charge on any atom is -0.480 e. The van der Waals surface area contributed by atoms with Crippen LogP contribution in [0.5, 0.6) is 0 Å².